The van der Waals surface area contributed by atoms with E-state index < -0.39 is 11.6 Å². The van der Waals surface area contributed by atoms with E-state index in [9.17, 15) is 8.78 Å². The minimum atomic E-state index is -0.683. The maximum absolute atomic E-state index is 13.1. The second-order valence-corrected chi connectivity index (χ2v) is 4.41. The number of pyridine rings is 1. The third kappa shape index (κ3) is 3.74. The van der Waals surface area contributed by atoms with Gasteiger partial charge in [-0.2, -0.15) is 0 Å². The standard InChI is InChI=1S/C15H16F2N2O/c1-3-18-10(2)11-4-5-19-15(6-11)20-14-8-12(16)7-13(17)9-14/h4-10,18H,3H2,1-2H3. The maximum Gasteiger partial charge on any atom is 0.219 e. The van der Waals surface area contributed by atoms with Crippen molar-refractivity contribution in [3.8, 4) is 11.6 Å². The molecule has 1 unspecified atom stereocenters. The molecular formula is C15H16F2N2O. The first-order valence-corrected chi connectivity index (χ1v) is 6.41. The van der Waals surface area contributed by atoms with Crippen molar-refractivity contribution >= 4 is 0 Å². The van der Waals surface area contributed by atoms with E-state index in [2.05, 4.69) is 10.3 Å². The van der Waals surface area contributed by atoms with Crippen LogP contribution in [-0.2, 0) is 0 Å². The monoisotopic (exact) mass is 278 g/mol. The zero-order chi connectivity index (χ0) is 14.5. The molecule has 2 rings (SSSR count). The van der Waals surface area contributed by atoms with E-state index in [0.29, 0.717) is 5.88 Å². The first kappa shape index (κ1) is 14.4. The zero-order valence-electron chi connectivity index (χ0n) is 11.4. The van der Waals surface area contributed by atoms with Crippen molar-refractivity contribution in [2.45, 2.75) is 19.9 Å². The number of hydrogen-bond acceptors (Lipinski definition) is 3. The molecule has 0 saturated heterocycles. The fourth-order valence-electron chi connectivity index (χ4n) is 1.88. The quantitative estimate of drug-likeness (QED) is 0.902. The van der Waals surface area contributed by atoms with Crippen LogP contribution >= 0.6 is 0 Å². The summed E-state index contributed by atoms with van der Waals surface area (Å²) in [5.74, 6) is -0.977. The molecule has 0 aliphatic rings. The highest BCUT2D eigenvalue weighted by molar-refractivity contribution is 5.30. The summed E-state index contributed by atoms with van der Waals surface area (Å²) < 4.78 is 31.6. The molecule has 0 spiro atoms. The van der Waals surface area contributed by atoms with Gasteiger partial charge in [-0.1, -0.05) is 6.92 Å². The Bertz CT molecular complexity index is 570. The SMILES string of the molecule is CCNC(C)c1ccnc(Oc2cc(F)cc(F)c2)c1. The molecule has 0 bridgehead atoms. The second kappa shape index (κ2) is 6.43. The predicted molar refractivity (Wildman–Crippen MR) is 72.8 cm³/mol. The number of rotatable bonds is 5. The number of ether oxygens (including phenoxy) is 1. The fraction of sp³-hybridized carbons (Fsp3) is 0.267. The number of aromatic nitrogens is 1. The van der Waals surface area contributed by atoms with E-state index in [1.807, 2.05) is 19.9 Å². The summed E-state index contributed by atoms with van der Waals surface area (Å²) in [7, 11) is 0. The van der Waals surface area contributed by atoms with E-state index >= 15 is 0 Å². The van der Waals surface area contributed by atoms with Crippen LogP contribution < -0.4 is 10.1 Å². The molecule has 1 atom stereocenters. The predicted octanol–water partition coefficient (Wildman–Crippen LogP) is 3.82. The Kier molecular flexibility index (Phi) is 4.63. The Morgan fingerprint density at radius 3 is 2.55 bits per heavy atom. The van der Waals surface area contributed by atoms with Gasteiger partial charge in [-0.25, -0.2) is 13.8 Å². The van der Waals surface area contributed by atoms with E-state index in [0.717, 1.165) is 30.3 Å². The lowest BCUT2D eigenvalue weighted by atomic mass is 10.1. The van der Waals surface area contributed by atoms with Crippen LogP contribution in [0.4, 0.5) is 8.78 Å². The number of nitrogens with one attached hydrogen (secondary N) is 1. The highest BCUT2D eigenvalue weighted by Gasteiger charge is 2.08. The van der Waals surface area contributed by atoms with Crippen molar-refractivity contribution in [1.29, 1.82) is 0 Å². The summed E-state index contributed by atoms with van der Waals surface area (Å²) in [5, 5.41) is 3.27. The third-order valence-corrected chi connectivity index (χ3v) is 2.83. The smallest absolute Gasteiger partial charge is 0.219 e. The van der Waals surface area contributed by atoms with Crippen LogP contribution in [0.5, 0.6) is 11.6 Å². The Balaban J connectivity index is 2.19. The summed E-state index contributed by atoms with van der Waals surface area (Å²) in [5.41, 5.74) is 0.994. The van der Waals surface area contributed by atoms with Gasteiger partial charge in [0.1, 0.15) is 17.4 Å². The number of benzene rings is 1. The summed E-state index contributed by atoms with van der Waals surface area (Å²) in [4.78, 5) is 4.04. The van der Waals surface area contributed by atoms with Crippen LogP contribution in [0.25, 0.3) is 0 Å². The lowest BCUT2D eigenvalue weighted by Crippen LogP contribution is -2.17. The maximum atomic E-state index is 13.1. The summed E-state index contributed by atoms with van der Waals surface area (Å²) in [6.45, 7) is 4.88. The minimum Gasteiger partial charge on any atom is -0.439 e. The van der Waals surface area contributed by atoms with Crippen LogP contribution in [0.15, 0.2) is 36.5 Å². The van der Waals surface area contributed by atoms with Gasteiger partial charge in [0.05, 0.1) is 0 Å². The van der Waals surface area contributed by atoms with Gasteiger partial charge >= 0.3 is 0 Å². The van der Waals surface area contributed by atoms with Gasteiger partial charge in [0.15, 0.2) is 0 Å². The van der Waals surface area contributed by atoms with Crippen molar-refractivity contribution in [1.82, 2.24) is 10.3 Å². The van der Waals surface area contributed by atoms with Crippen LogP contribution in [-0.4, -0.2) is 11.5 Å². The van der Waals surface area contributed by atoms with Crippen molar-refractivity contribution < 1.29 is 13.5 Å². The minimum absolute atomic E-state index is 0.0863. The number of halogens is 2. The van der Waals surface area contributed by atoms with Crippen molar-refractivity contribution in [3.05, 3.63) is 53.7 Å². The Hall–Kier alpha value is -2.01. The summed E-state index contributed by atoms with van der Waals surface area (Å²) in [6.07, 6.45) is 1.61. The Morgan fingerprint density at radius 1 is 1.20 bits per heavy atom. The molecular weight excluding hydrogens is 262 g/mol. The zero-order valence-corrected chi connectivity index (χ0v) is 11.4. The number of nitrogens with zero attached hydrogens (tertiary/aromatic N) is 1. The van der Waals surface area contributed by atoms with Crippen LogP contribution in [0.2, 0.25) is 0 Å². The van der Waals surface area contributed by atoms with Gasteiger partial charge in [0.25, 0.3) is 0 Å². The van der Waals surface area contributed by atoms with Gasteiger partial charge in [-0.15, -0.1) is 0 Å². The van der Waals surface area contributed by atoms with Crippen molar-refractivity contribution in [2.75, 3.05) is 6.54 Å². The molecule has 1 aromatic carbocycles. The molecule has 0 aliphatic carbocycles. The highest BCUT2D eigenvalue weighted by Crippen LogP contribution is 2.23. The van der Waals surface area contributed by atoms with Crippen LogP contribution in [0.1, 0.15) is 25.5 Å². The molecule has 20 heavy (non-hydrogen) atoms. The Labute approximate surface area is 116 Å². The van der Waals surface area contributed by atoms with E-state index in [-0.39, 0.29) is 11.8 Å². The van der Waals surface area contributed by atoms with Gasteiger partial charge in [0, 0.05) is 36.5 Å². The molecule has 0 saturated carbocycles. The molecule has 3 nitrogen and oxygen atoms in total. The molecule has 5 heteroatoms. The third-order valence-electron chi connectivity index (χ3n) is 2.83. The molecule has 106 valence electrons. The topological polar surface area (TPSA) is 34.2 Å². The largest absolute Gasteiger partial charge is 0.439 e. The molecule has 1 N–H and O–H groups in total. The fourth-order valence-corrected chi connectivity index (χ4v) is 1.88. The van der Waals surface area contributed by atoms with E-state index in [4.69, 9.17) is 4.74 Å². The second-order valence-electron chi connectivity index (χ2n) is 4.41. The van der Waals surface area contributed by atoms with Crippen molar-refractivity contribution in [2.24, 2.45) is 0 Å². The van der Waals surface area contributed by atoms with E-state index in [1.165, 1.54) is 0 Å². The lowest BCUT2D eigenvalue weighted by Gasteiger charge is -2.13. The van der Waals surface area contributed by atoms with Gasteiger partial charge in [-0.3, -0.25) is 0 Å². The number of hydrogen-bond donors (Lipinski definition) is 1. The van der Waals surface area contributed by atoms with Crippen LogP contribution in [0.3, 0.4) is 0 Å². The van der Waals surface area contributed by atoms with Gasteiger partial charge in [-0.05, 0) is 25.1 Å². The molecule has 0 amide bonds. The molecule has 2 aromatic rings. The first-order valence-electron chi connectivity index (χ1n) is 6.41. The van der Waals surface area contributed by atoms with Crippen molar-refractivity contribution in [3.63, 3.8) is 0 Å². The summed E-state index contributed by atoms with van der Waals surface area (Å²) in [6, 6.07) is 6.79. The molecule has 0 radical (unpaired) electrons. The molecule has 1 heterocycles. The van der Waals surface area contributed by atoms with E-state index in [1.54, 1.807) is 12.3 Å². The van der Waals surface area contributed by atoms with Gasteiger partial charge in [0.2, 0.25) is 5.88 Å². The normalized spacial score (nSPS) is 12.2. The molecule has 0 fully saturated rings. The average molecular weight is 278 g/mol. The van der Waals surface area contributed by atoms with Gasteiger partial charge < -0.3 is 10.1 Å². The molecule has 0 aliphatic heterocycles. The molecule has 1 aromatic heterocycles. The summed E-state index contributed by atoms with van der Waals surface area (Å²) >= 11 is 0. The average Bonchev–Trinajstić information content (AvgIpc) is 2.38. The highest BCUT2D eigenvalue weighted by atomic mass is 19.1. The lowest BCUT2D eigenvalue weighted by molar-refractivity contribution is 0.449. The van der Waals surface area contributed by atoms with Crippen LogP contribution in [0, 0.1) is 11.6 Å². The first-order chi connectivity index (χ1) is 9.58. The Morgan fingerprint density at radius 2 is 1.90 bits per heavy atom.